The fourth-order valence-corrected chi connectivity index (χ4v) is 6.51. The Kier molecular flexibility index (Phi) is 16.0. The van der Waals surface area contributed by atoms with Gasteiger partial charge in [0.05, 0.1) is 17.7 Å². The van der Waals surface area contributed by atoms with Crippen molar-refractivity contribution in [2.75, 3.05) is 25.6 Å². The van der Waals surface area contributed by atoms with Crippen molar-refractivity contribution in [3.8, 4) is 5.75 Å². The highest BCUT2D eigenvalue weighted by Gasteiger charge is 2.38. The molecule has 2 heterocycles. The van der Waals surface area contributed by atoms with Gasteiger partial charge in [-0.1, -0.05) is 29.8 Å². The molecule has 0 bridgehead atoms. The van der Waals surface area contributed by atoms with Crippen LogP contribution in [0.15, 0.2) is 82.8 Å². The summed E-state index contributed by atoms with van der Waals surface area (Å²) in [6.45, 7) is 11.8. The molecule has 286 valence electrons. The van der Waals surface area contributed by atoms with E-state index in [4.69, 9.17) is 16.3 Å². The number of hydrogen-bond donors (Lipinski definition) is 4. The Bertz CT molecular complexity index is 1920. The second-order valence-electron chi connectivity index (χ2n) is 12.1. The van der Waals surface area contributed by atoms with Crippen molar-refractivity contribution >= 4 is 69.0 Å². The number of guanidine groups is 1. The van der Waals surface area contributed by atoms with Crippen LogP contribution >= 0.6 is 11.6 Å². The molecule has 4 N–H and O–H groups in total. The van der Waals surface area contributed by atoms with Crippen LogP contribution in [0.5, 0.6) is 5.75 Å². The van der Waals surface area contributed by atoms with E-state index in [1.165, 1.54) is 0 Å². The molecule has 2 saturated carbocycles. The third-order valence-corrected chi connectivity index (χ3v) is 10.3. The second kappa shape index (κ2) is 20.1. The maximum Gasteiger partial charge on any atom is 0.256 e. The fourth-order valence-electron chi connectivity index (χ4n) is 5.26. The molecule has 1 aliphatic heterocycles. The number of fused-ring (bicyclic) bond motifs is 1. The summed E-state index contributed by atoms with van der Waals surface area (Å²) in [6, 6.07) is 14.0. The number of likely N-dealkylation sites (tertiary alicyclic amines) is 1. The van der Waals surface area contributed by atoms with Crippen molar-refractivity contribution in [3.05, 3.63) is 83.3 Å². The van der Waals surface area contributed by atoms with E-state index in [1.54, 1.807) is 53.0 Å². The van der Waals surface area contributed by atoms with Crippen molar-refractivity contribution in [1.29, 1.82) is 0 Å². The number of pyridine rings is 1. The number of nitrogens with one attached hydrogen (secondary N) is 4. The molecule has 0 spiro atoms. The molecule has 3 amide bonds. The summed E-state index contributed by atoms with van der Waals surface area (Å²) < 4.78 is 28.2. The first-order chi connectivity index (χ1) is 25.4. The van der Waals surface area contributed by atoms with Gasteiger partial charge in [-0.15, -0.1) is 13.2 Å². The number of amides is 3. The molecular formula is C36H47ClN8O7S. The van der Waals surface area contributed by atoms with Gasteiger partial charge in [0, 0.05) is 48.6 Å². The van der Waals surface area contributed by atoms with Gasteiger partial charge >= 0.3 is 0 Å². The highest BCUT2D eigenvalue weighted by molar-refractivity contribution is 7.90. The predicted octanol–water partition coefficient (Wildman–Crippen LogP) is 3.56. The lowest BCUT2D eigenvalue weighted by atomic mass is 10.1. The van der Waals surface area contributed by atoms with Gasteiger partial charge < -0.3 is 24.8 Å². The molecule has 15 nitrogen and oxygen atoms in total. The Morgan fingerprint density at radius 3 is 2.36 bits per heavy atom. The topological polar surface area (TPSA) is 195 Å². The monoisotopic (exact) mass is 770 g/mol. The van der Waals surface area contributed by atoms with Gasteiger partial charge in [-0.3, -0.25) is 23.9 Å². The minimum absolute atomic E-state index is 0.0444. The van der Waals surface area contributed by atoms with Crippen molar-refractivity contribution in [2.45, 2.75) is 68.8 Å². The van der Waals surface area contributed by atoms with Crippen molar-refractivity contribution in [1.82, 2.24) is 25.3 Å². The molecule has 2 aliphatic carbocycles. The Labute approximate surface area is 314 Å². The molecule has 2 atom stereocenters. The minimum Gasteiger partial charge on any atom is -0.495 e. The van der Waals surface area contributed by atoms with Gasteiger partial charge in [-0.05, 0) is 75.8 Å². The minimum atomic E-state index is -3.26. The number of para-hydroxylation sites is 1. The first kappa shape index (κ1) is 42.2. The Balaban J connectivity index is 0.000000249. The van der Waals surface area contributed by atoms with Crippen LogP contribution < -0.4 is 30.7 Å². The number of ether oxygens (including phenoxy) is 1. The summed E-state index contributed by atoms with van der Waals surface area (Å²) in [4.78, 5) is 57.1. The largest absolute Gasteiger partial charge is 0.495 e. The number of sulfonamides is 1. The number of nitrogens with zero attached hydrogens (tertiary/aromatic N) is 4. The molecule has 2 unspecified atom stereocenters. The number of hydrogen-bond acceptors (Lipinski definition) is 9. The van der Waals surface area contributed by atoms with E-state index in [9.17, 15) is 27.6 Å². The number of carbonyl (C=O) groups excluding carboxylic acids is 3. The van der Waals surface area contributed by atoms with Gasteiger partial charge in [0.2, 0.25) is 34.2 Å². The predicted molar refractivity (Wildman–Crippen MR) is 209 cm³/mol. The molecule has 1 saturated heterocycles. The summed E-state index contributed by atoms with van der Waals surface area (Å²) >= 11 is 5.79. The van der Waals surface area contributed by atoms with Crippen LogP contribution in [0.3, 0.4) is 0 Å². The van der Waals surface area contributed by atoms with Gasteiger partial charge in [0.1, 0.15) is 17.8 Å². The van der Waals surface area contributed by atoms with Crippen molar-refractivity contribution < 1.29 is 27.5 Å². The zero-order valence-electron chi connectivity index (χ0n) is 30.1. The van der Waals surface area contributed by atoms with E-state index in [1.807, 2.05) is 37.4 Å². The average molecular weight is 771 g/mol. The molecule has 6 rings (SSSR count). The Morgan fingerprint density at radius 2 is 1.77 bits per heavy atom. The van der Waals surface area contributed by atoms with Crippen LogP contribution in [0.2, 0.25) is 5.02 Å². The zero-order valence-corrected chi connectivity index (χ0v) is 31.7. The van der Waals surface area contributed by atoms with E-state index in [0.29, 0.717) is 47.9 Å². The lowest BCUT2D eigenvalue weighted by Crippen LogP contribution is -2.49. The van der Waals surface area contributed by atoms with E-state index in [2.05, 4.69) is 45.7 Å². The molecule has 3 aromatic rings. The number of hydrazone groups is 1. The SMILES string of the molecule is C=C.C=NNC(=NC(C)C(=O)N1CCCC1C(=O)NC1CC1)N(C)c1ccccc1.COc1c[nH]c(=O)c2cc(Cl)ccc12.O=CNS(=O)(=O)C1CC1. The molecule has 53 heavy (non-hydrogen) atoms. The van der Waals surface area contributed by atoms with Gasteiger partial charge in [-0.2, -0.15) is 5.10 Å². The lowest BCUT2D eigenvalue weighted by Gasteiger charge is -2.27. The number of aliphatic imine (C=N–C) groups is 1. The first-order valence-corrected chi connectivity index (χ1v) is 18.8. The highest BCUT2D eigenvalue weighted by atomic mass is 35.5. The third-order valence-electron chi connectivity index (χ3n) is 8.30. The van der Waals surface area contributed by atoms with E-state index in [-0.39, 0.29) is 35.1 Å². The number of halogens is 1. The van der Waals surface area contributed by atoms with Crippen LogP contribution in [-0.4, -0.2) is 93.3 Å². The Hall–Kier alpha value is -5.22. The quantitative estimate of drug-likeness (QED) is 0.0784. The number of carbonyl (C=O) groups is 3. The van der Waals surface area contributed by atoms with E-state index >= 15 is 0 Å². The van der Waals surface area contributed by atoms with E-state index < -0.39 is 22.1 Å². The maximum absolute atomic E-state index is 13.0. The summed E-state index contributed by atoms with van der Waals surface area (Å²) in [5, 5.41) is 8.26. The fraction of sp³-hybridized carbons (Fsp3) is 0.389. The normalized spacial score (nSPS) is 16.9. The summed E-state index contributed by atoms with van der Waals surface area (Å²) in [5.74, 6) is 0.854. The van der Waals surface area contributed by atoms with Crippen LogP contribution in [0.1, 0.15) is 45.4 Å². The zero-order chi connectivity index (χ0) is 39.1. The standard InChI is InChI=1S/C20H28N6O2.C10H8ClNO2.C4H7NO3S.C2H4/c1-14(22-20(24-21-2)25(3)16-8-5-4-6-9-16)19(28)26-13-7-10-17(26)18(27)23-15-11-12-15;1-14-9-5-12-10(13)8-4-6(11)2-3-7(8)9;6-3-5-9(7,8)4-1-2-4;1-2/h4-6,8-9,14-15,17H,2,7,10-13H2,1,3H3,(H,22,24)(H,23,27);2-5H,1H3,(H,12,13);3-4H,1-2H2,(H,5,6);1-2H2. The third kappa shape index (κ3) is 12.2. The molecule has 1 aromatic heterocycles. The van der Waals surface area contributed by atoms with E-state index in [0.717, 1.165) is 30.3 Å². The van der Waals surface area contributed by atoms with Crippen molar-refractivity contribution in [2.24, 2.45) is 10.1 Å². The smallest absolute Gasteiger partial charge is 0.256 e. The highest BCUT2D eigenvalue weighted by Crippen LogP contribution is 2.27. The van der Waals surface area contributed by atoms with Crippen LogP contribution in [-0.2, 0) is 24.4 Å². The average Bonchev–Trinajstić information content (AvgIpc) is 4.11. The number of methoxy groups -OCH3 is 1. The number of anilines is 1. The summed E-state index contributed by atoms with van der Waals surface area (Å²) in [6.07, 6.45) is 6.70. The summed E-state index contributed by atoms with van der Waals surface area (Å²) in [7, 11) is 0.141. The molecule has 3 fully saturated rings. The molecule has 3 aliphatic rings. The molecule has 0 radical (unpaired) electrons. The Morgan fingerprint density at radius 1 is 1.09 bits per heavy atom. The lowest BCUT2D eigenvalue weighted by molar-refractivity contribution is -0.139. The van der Waals surface area contributed by atoms with Crippen LogP contribution in [0, 0.1) is 0 Å². The number of aromatic amines is 1. The van der Waals surface area contributed by atoms with Gasteiger partial charge in [0.15, 0.2) is 0 Å². The number of aromatic nitrogens is 1. The van der Waals surface area contributed by atoms with Crippen LogP contribution in [0.25, 0.3) is 10.8 Å². The van der Waals surface area contributed by atoms with Gasteiger partial charge in [0.25, 0.3) is 5.56 Å². The van der Waals surface area contributed by atoms with Gasteiger partial charge in [-0.25, -0.2) is 18.8 Å². The maximum atomic E-state index is 13.0. The molecule has 17 heteroatoms. The molecular weight excluding hydrogens is 724 g/mol. The number of rotatable bonds is 10. The first-order valence-electron chi connectivity index (χ1n) is 16.9. The second-order valence-corrected chi connectivity index (χ2v) is 14.6. The van der Waals surface area contributed by atoms with Crippen molar-refractivity contribution in [3.63, 3.8) is 0 Å². The number of H-pyrrole nitrogens is 1. The summed E-state index contributed by atoms with van der Waals surface area (Å²) in [5.41, 5.74) is 3.50. The number of benzene rings is 2. The van der Waals surface area contributed by atoms with Crippen LogP contribution in [0.4, 0.5) is 5.69 Å². The molecule has 2 aromatic carbocycles.